The lowest BCUT2D eigenvalue weighted by Crippen LogP contribution is -2.35. The average Bonchev–Trinajstić information content (AvgIpc) is 3.09. The lowest BCUT2D eigenvalue weighted by atomic mass is 9.60. The van der Waals surface area contributed by atoms with Crippen molar-refractivity contribution in [1.82, 2.24) is 0 Å². The Bertz CT molecular complexity index is 702. The summed E-state index contributed by atoms with van der Waals surface area (Å²) in [6.07, 6.45) is 11.5. The van der Waals surface area contributed by atoms with Gasteiger partial charge in [0, 0.05) is 0 Å². The van der Waals surface area contributed by atoms with Crippen molar-refractivity contribution in [3.8, 4) is 11.5 Å². The van der Waals surface area contributed by atoms with E-state index in [1.165, 1.54) is 30.4 Å². The normalized spacial score (nSPS) is 28.9. The molecule has 2 heteroatoms. The van der Waals surface area contributed by atoms with Gasteiger partial charge in [0.25, 0.3) is 0 Å². The second-order valence-corrected chi connectivity index (χ2v) is 8.37. The van der Waals surface area contributed by atoms with Crippen LogP contribution in [0.5, 0.6) is 11.5 Å². The summed E-state index contributed by atoms with van der Waals surface area (Å²) in [5, 5.41) is 0. The van der Waals surface area contributed by atoms with E-state index in [0.717, 1.165) is 23.8 Å². The van der Waals surface area contributed by atoms with Crippen LogP contribution in [0.4, 0.5) is 0 Å². The van der Waals surface area contributed by atoms with Gasteiger partial charge in [0.1, 0.15) is 0 Å². The summed E-state index contributed by atoms with van der Waals surface area (Å²) in [4.78, 5) is 0. The van der Waals surface area contributed by atoms with Crippen molar-refractivity contribution in [2.75, 3.05) is 6.79 Å². The molecule has 0 amide bonds. The zero-order valence-electron chi connectivity index (χ0n) is 16.5. The fraction of sp³-hybridized carbons (Fsp3) is 0.500. The molecule has 2 nitrogen and oxygen atoms in total. The second-order valence-electron chi connectivity index (χ2n) is 8.37. The van der Waals surface area contributed by atoms with Gasteiger partial charge in [-0.1, -0.05) is 50.3 Å². The van der Waals surface area contributed by atoms with Crippen molar-refractivity contribution >= 4 is 6.08 Å². The van der Waals surface area contributed by atoms with Crippen molar-refractivity contribution in [2.24, 2.45) is 23.2 Å². The quantitative estimate of drug-likeness (QED) is 0.534. The van der Waals surface area contributed by atoms with E-state index in [0.29, 0.717) is 18.6 Å². The lowest BCUT2D eigenvalue weighted by Gasteiger charge is -2.45. The van der Waals surface area contributed by atoms with Crippen LogP contribution in [0.15, 0.2) is 49.1 Å². The highest BCUT2D eigenvalue weighted by atomic mass is 16.7. The summed E-state index contributed by atoms with van der Waals surface area (Å²) in [7, 11) is 0. The molecule has 0 bridgehead atoms. The molecule has 140 valence electrons. The van der Waals surface area contributed by atoms with Crippen molar-refractivity contribution in [3.63, 3.8) is 0 Å². The fourth-order valence-electron chi connectivity index (χ4n) is 4.51. The van der Waals surface area contributed by atoms with Crippen molar-refractivity contribution < 1.29 is 9.47 Å². The van der Waals surface area contributed by atoms with E-state index in [-0.39, 0.29) is 5.41 Å². The Kier molecular flexibility index (Phi) is 5.60. The maximum atomic E-state index is 5.45. The van der Waals surface area contributed by atoms with E-state index in [4.69, 9.17) is 9.47 Å². The van der Waals surface area contributed by atoms with Crippen LogP contribution in [0.3, 0.4) is 0 Å². The first-order valence-electron chi connectivity index (χ1n) is 9.78. The molecule has 0 spiro atoms. The van der Waals surface area contributed by atoms with Gasteiger partial charge in [-0.2, -0.15) is 0 Å². The van der Waals surface area contributed by atoms with Crippen molar-refractivity contribution in [2.45, 2.75) is 46.5 Å². The minimum atomic E-state index is 0.213. The van der Waals surface area contributed by atoms with Crippen LogP contribution >= 0.6 is 0 Å². The zero-order valence-corrected chi connectivity index (χ0v) is 16.5. The molecule has 0 saturated heterocycles. The Morgan fingerprint density at radius 2 is 2.12 bits per heavy atom. The Morgan fingerprint density at radius 1 is 1.35 bits per heavy atom. The van der Waals surface area contributed by atoms with E-state index in [1.54, 1.807) is 0 Å². The van der Waals surface area contributed by atoms with Gasteiger partial charge < -0.3 is 9.47 Å². The molecule has 0 N–H and O–H groups in total. The Labute approximate surface area is 158 Å². The summed E-state index contributed by atoms with van der Waals surface area (Å²) in [6.45, 7) is 15.6. The van der Waals surface area contributed by atoms with E-state index >= 15 is 0 Å². The Balaban J connectivity index is 1.59. The highest BCUT2D eigenvalue weighted by molar-refractivity contribution is 5.56. The molecule has 4 atom stereocenters. The van der Waals surface area contributed by atoms with Crippen molar-refractivity contribution in [1.29, 1.82) is 0 Å². The van der Waals surface area contributed by atoms with Gasteiger partial charge >= 0.3 is 0 Å². The lowest BCUT2D eigenvalue weighted by molar-refractivity contribution is 0.122. The zero-order chi connectivity index (χ0) is 18.7. The van der Waals surface area contributed by atoms with E-state index in [2.05, 4.69) is 64.3 Å². The van der Waals surface area contributed by atoms with Crippen molar-refractivity contribution in [3.05, 3.63) is 54.6 Å². The van der Waals surface area contributed by atoms with Crippen LogP contribution in [0.2, 0.25) is 0 Å². The highest BCUT2D eigenvalue weighted by Crippen LogP contribution is 2.49. The molecule has 1 aromatic rings. The average molecular weight is 353 g/mol. The third kappa shape index (κ3) is 3.90. The number of ether oxygens (including phenoxy) is 2. The van der Waals surface area contributed by atoms with Gasteiger partial charge in [0.05, 0.1) is 0 Å². The van der Waals surface area contributed by atoms with Gasteiger partial charge in [0.2, 0.25) is 6.79 Å². The fourth-order valence-corrected chi connectivity index (χ4v) is 4.51. The largest absolute Gasteiger partial charge is 0.454 e. The Hall–Kier alpha value is -1.96. The summed E-state index contributed by atoms with van der Waals surface area (Å²) >= 11 is 0. The SMILES string of the molecule is C=C[C@]1(C)CC[C@@H](C(C)C/C=C/c2ccc3c(c2)OCO3)C[C@H]1C(=C)C. The van der Waals surface area contributed by atoms with E-state index < -0.39 is 0 Å². The summed E-state index contributed by atoms with van der Waals surface area (Å²) in [6, 6.07) is 6.12. The molecule has 1 aliphatic heterocycles. The molecule has 0 aromatic heterocycles. The van der Waals surface area contributed by atoms with Crippen LogP contribution < -0.4 is 9.47 Å². The smallest absolute Gasteiger partial charge is 0.231 e. The molecular formula is C24H32O2. The number of hydrogen-bond acceptors (Lipinski definition) is 2. The molecule has 26 heavy (non-hydrogen) atoms. The van der Waals surface area contributed by atoms with Crippen LogP contribution in [0.25, 0.3) is 6.08 Å². The number of fused-ring (bicyclic) bond motifs is 1. The topological polar surface area (TPSA) is 18.5 Å². The first kappa shape index (κ1) is 18.8. The first-order valence-corrected chi connectivity index (χ1v) is 9.78. The molecule has 1 aliphatic carbocycles. The monoisotopic (exact) mass is 352 g/mol. The van der Waals surface area contributed by atoms with Gasteiger partial charge in [0.15, 0.2) is 11.5 Å². The number of allylic oxidation sites excluding steroid dienone is 3. The van der Waals surface area contributed by atoms with Crippen LogP contribution in [0, 0.1) is 23.2 Å². The predicted octanol–water partition coefficient (Wildman–Crippen LogP) is 6.64. The number of hydrogen-bond donors (Lipinski definition) is 0. The second kappa shape index (κ2) is 7.73. The van der Waals surface area contributed by atoms with Crippen LogP contribution in [-0.2, 0) is 0 Å². The number of rotatable bonds is 6. The Morgan fingerprint density at radius 3 is 2.85 bits per heavy atom. The summed E-state index contributed by atoms with van der Waals surface area (Å²) in [5.41, 5.74) is 2.69. The van der Waals surface area contributed by atoms with E-state index in [9.17, 15) is 0 Å². The third-order valence-corrected chi connectivity index (χ3v) is 6.47. The van der Waals surface area contributed by atoms with Gasteiger partial charge in [-0.05, 0) is 73.5 Å². The number of benzene rings is 1. The molecule has 2 aliphatic rings. The molecule has 1 saturated carbocycles. The van der Waals surface area contributed by atoms with E-state index in [1.807, 2.05) is 6.07 Å². The molecule has 3 rings (SSSR count). The predicted molar refractivity (Wildman–Crippen MR) is 109 cm³/mol. The molecule has 1 aromatic carbocycles. The maximum absolute atomic E-state index is 5.45. The standard InChI is InChI=1S/C24H32O2/c1-6-24(5)13-12-20(15-21(24)17(2)3)18(4)8-7-9-19-10-11-22-23(14-19)26-16-25-22/h6-7,9-11,14,18,20-21H,1-2,8,12-13,15-16H2,3-5H3/b9-7+/t18?,20-,21+,24-/m1/s1. The van der Waals surface area contributed by atoms with Crippen LogP contribution in [0.1, 0.15) is 52.0 Å². The minimum absolute atomic E-state index is 0.213. The van der Waals surface area contributed by atoms with Gasteiger partial charge in [-0.25, -0.2) is 0 Å². The molecular weight excluding hydrogens is 320 g/mol. The summed E-state index contributed by atoms with van der Waals surface area (Å²) < 4.78 is 10.8. The van der Waals surface area contributed by atoms with Crippen LogP contribution in [-0.4, -0.2) is 6.79 Å². The molecule has 0 radical (unpaired) electrons. The first-order chi connectivity index (χ1) is 12.4. The summed E-state index contributed by atoms with van der Waals surface area (Å²) in [5.74, 6) is 3.68. The van der Waals surface area contributed by atoms with Gasteiger partial charge in [-0.3, -0.25) is 0 Å². The minimum Gasteiger partial charge on any atom is -0.454 e. The maximum Gasteiger partial charge on any atom is 0.231 e. The molecule has 1 unspecified atom stereocenters. The molecule has 1 heterocycles. The molecule has 1 fully saturated rings. The third-order valence-electron chi connectivity index (χ3n) is 6.47. The van der Waals surface area contributed by atoms with Gasteiger partial charge in [-0.15, -0.1) is 6.58 Å². The highest BCUT2D eigenvalue weighted by Gasteiger charge is 2.39.